The Kier molecular flexibility index (Phi) is 8.34. The van der Waals surface area contributed by atoms with Crippen molar-refractivity contribution < 1.29 is 27.4 Å². The molecule has 3 aromatic rings. The summed E-state index contributed by atoms with van der Waals surface area (Å²) in [5.74, 6) is -1.26. The lowest BCUT2D eigenvalue weighted by Crippen LogP contribution is -2.21. The molecule has 0 N–H and O–H groups in total. The van der Waals surface area contributed by atoms with Crippen LogP contribution < -0.4 is 9.47 Å². The van der Waals surface area contributed by atoms with Crippen LogP contribution in [0, 0.1) is 17.5 Å². The van der Waals surface area contributed by atoms with Crippen molar-refractivity contribution in [3.63, 3.8) is 0 Å². The molecule has 0 radical (unpaired) electrons. The summed E-state index contributed by atoms with van der Waals surface area (Å²) >= 11 is 0. The number of hydrogen-bond donors (Lipinski definition) is 0. The first-order valence-electron chi connectivity index (χ1n) is 12.2. The van der Waals surface area contributed by atoms with Crippen molar-refractivity contribution >= 4 is 0 Å². The summed E-state index contributed by atoms with van der Waals surface area (Å²) in [6.07, 6.45) is 3.55. The lowest BCUT2D eigenvalue weighted by Gasteiger charge is -2.29. The van der Waals surface area contributed by atoms with Gasteiger partial charge in [0.25, 0.3) is 0 Å². The Morgan fingerprint density at radius 2 is 1.51 bits per heavy atom. The molecule has 0 atom stereocenters. The maximum Gasteiger partial charge on any atom is 0.166 e. The van der Waals surface area contributed by atoms with E-state index >= 15 is 8.78 Å². The van der Waals surface area contributed by atoms with Crippen LogP contribution in [0.3, 0.4) is 0 Å². The van der Waals surface area contributed by atoms with Crippen LogP contribution in [0.4, 0.5) is 13.2 Å². The van der Waals surface area contributed by atoms with E-state index < -0.39 is 17.5 Å². The first kappa shape index (κ1) is 25.1. The summed E-state index contributed by atoms with van der Waals surface area (Å²) in [5, 5.41) is 0. The van der Waals surface area contributed by atoms with Crippen LogP contribution in [-0.2, 0) is 11.3 Å². The number of ether oxygens (including phenoxy) is 3. The molecule has 0 amide bonds. The van der Waals surface area contributed by atoms with Crippen LogP contribution in [-0.4, -0.2) is 19.3 Å². The average Bonchev–Trinajstić information content (AvgIpc) is 2.87. The molecule has 186 valence electrons. The van der Waals surface area contributed by atoms with Crippen LogP contribution in [0.15, 0.2) is 54.6 Å². The van der Waals surface area contributed by atoms with Crippen LogP contribution in [0.2, 0.25) is 0 Å². The Labute approximate surface area is 204 Å². The molecular formula is C29H31F3O3. The molecule has 1 aliphatic rings. The predicted molar refractivity (Wildman–Crippen MR) is 130 cm³/mol. The highest BCUT2D eigenvalue weighted by Crippen LogP contribution is 2.38. The van der Waals surface area contributed by atoms with Crippen molar-refractivity contribution in [3.8, 4) is 22.6 Å². The molecule has 0 spiro atoms. The minimum atomic E-state index is -0.826. The van der Waals surface area contributed by atoms with E-state index in [0.29, 0.717) is 35.7 Å². The quantitative estimate of drug-likeness (QED) is 0.310. The Morgan fingerprint density at radius 3 is 2.17 bits per heavy atom. The van der Waals surface area contributed by atoms with Gasteiger partial charge in [-0.1, -0.05) is 30.3 Å². The summed E-state index contributed by atoms with van der Waals surface area (Å²) in [6.45, 7) is 5.01. The molecule has 3 aromatic carbocycles. The van der Waals surface area contributed by atoms with Crippen LogP contribution in [0.1, 0.15) is 56.6 Å². The molecule has 0 aromatic heterocycles. The Morgan fingerprint density at radius 1 is 0.771 bits per heavy atom. The van der Waals surface area contributed by atoms with Gasteiger partial charge in [-0.25, -0.2) is 13.2 Å². The van der Waals surface area contributed by atoms with E-state index in [2.05, 4.69) is 0 Å². The van der Waals surface area contributed by atoms with E-state index in [1.54, 1.807) is 55.5 Å². The molecule has 1 saturated carbocycles. The molecule has 3 nitrogen and oxygen atoms in total. The Balaban J connectivity index is 1.41. The highest BCUT2D eigenvalue weighted by Gasteiger charge is 2.26. The number of hydrogen-bond acceptors (Lipinski definition) is 3. The third-order valence-corrected chi connectivity index (χ3v) is 6.50. The topological polar surface area (TPSA) is 27.7 Å². The molecule has 0 saturated heterocycles. The molecular weight excluding hydrogens is 453 g/mol. The SMILES string of the molecule is CCOc1ccc(COc2ccc(-c3ccc(C4CCC(OCC)CC4)c(F)c3F)cc2)cc1F. The molecule has 0 aliphatic heterocycles. The second-order valence-electron chi connectivity index (χ2n) is 8.77. The van der Waals surface area contributed by atoms with Gasteiger partial charge < -0.3 is 14.2 Å². The van der Waals surface area contributed by atoms with E-state index in [4.69, 9.17) is 14.2 Å². The maximum absolute atomic E-state index is 15.0. The molecule has 0 heterocycles. The minimum absolute atomic E-state index is 0.0125. The van der Waals surface area contributed by atoms with Crippen molar-refractivity contribution in [2.45, 2.75) is 58.2 Å². The van der Waals surface area contributed by atoms with E-state index in [9.17, 15) is 4.39 Å². The summed E-state index contributed by atoms with van der Waals surface area (Å²) in [7, 11) is 0. The zero-order chi connectivity index (χ0) is 24.8. The zero-order valence-electron chi connectivity index (χ0n) is 20.2. The van der Waals surface area contributed by atoms with Gasteiger partial charge in [-0.3, -0.25) is 0 Å². The largest absolute Gasteiger partial charge is 0.491 e. The first-order valence-corrected chi connectivity index (χ1v) is 12.2. The smallest absolute Gasteiger partial charge is 0.166 e. The van der Waals surface area contributed by atoms with Crippen molar-refractivity contribution in [1.82, 2.24) is 0 Å². The van der Waals surface area contributed by atoms with Gasteiger partial charge in [-0.15, -0.1) is 0 Å². The third kappa shape index (κ3) is 5.99. The van der Waals surface area contributed by atoms with Crippen molar-refractivity contribution in [3.05, 3.63) is 83.2 Å². The monoisotopic (exact) mass is 484 g/mol. The van der Waals surface area contributed by atoms with Gasteiger partial charge in [-0.05, 0) is 86.4 Å². The molecule has 0 bridgehead atoms. The van der Waals surface area contributed by atoms with Gasteiger partial charge in [-0.2, -0.15) is 0 Å². The van der Waals surface area contributed by atoms with Gasteiger partial charge >= 0.3 is 0 Å². The molecule has 4 rings (SSSR count). The standard InChI is InChI=1S/C29H31F3O3/c1-3-33-22-10-6-20(7-11-22)24-14-15-25(29(32)28(24)31)21-8-12-23(13-9-21)35-18-19-5-16-27(34-4-2)26(30)17-19/h5,8-9,12-17,20,22H,3-4,6-7,10-11,18H2,1-2H3. The van der Waals surface area contributed by atoms with E-state index in [0.717, 1.165) is 25.7 Å². The number of rotatable bonds is 9. The molecule has 0 unspecified atom stereocenters. The predicted octanol–water partition coefficient (Wildman–Crippen LogP) is 7.81. The maximum atomic E-state index is 15.0. The van der Waals surface area contributed by atoms with Crippen molar-refractivity contribution in [2.24, 2.45) is 0 Å². The van der Waals surface area contributed by atoms with Gasteiger partial charge in [0.05, 0.1) is 12.7 Å². The summed E-state index contributed by atoms with van der Waals surface area (Å²) < 4.78 is 60.6. The second kappa shape index (κ2) is 11.6. The van der Waals surface area contributed by atoms with Crippen LogP contribution >= 0.6 is 0 Å². The van der Waals surface area contributed by atoms with Gasteiger partial charge in [0, 0.05) is 12.2 Å². The molecule has 35 heavy (non-hydrogen) atoms. The van der Waals surface area contributed by atoms with E-state index in [1.807, 2.05) is 6.92 Å². The molecule has 1 aliphatic carbocycles. The van der Waals surface area contributed by atoms with Gasteiger partial charge in [0.2, 0.25) is 0 Å². The summed E-state index contributed by atoms with van der Waals surface area (Å²) in [4.78, 5) is 0. The normalized spacial score (nSPS) is 17.9. The van der Waals surface area contributed by atoms with Crippen LogP contribution in [0.5, 0.6) is 11.5 Å². The zero-order valence-corrected chi connectivity index (χ0v) is 20.2. The second-order valence-corrected chi connectivity index (χ2v) is 8.77. The van der Waals surface area contributed by atoms with E-state index in [1.165, 1.54) is 6.07 Å². The number of halogens is 3. The first-order chi connectivity index (χ1) is 17.0. The van der Waals surface area contributed by atoms with E-state index in [-0.39, 0.29) is 29.9 Å². The highest BCUT2D eigenvalue weighted by molar-refractivity contribution is 5.65. The van der Waals surface area contributed by atoms with Gasteiger partial charge in [0.15, 0.2) is 23.2 Å². The third-order valence-electron chi connectivity index (χ3n) is 6.50. The lowest BCUT2D eigenvalue weighted by molar-refractivity contribution is 0.0325. The fourth-order valence-corrected chi connectivity index (χ4v) is 4.68. The Bertz CT molecular complexity index is 1120. The van der Waals surface area contributed by atoms with Gasteiger partial charge in [0.1, 0.15) is 12.4 Å². The summed E-state index contributed by atoms with van der Waals surface area (Å²) in [5.41, 5.74) is 1.89. The van der Waals surface area contributed by atoms with Crippen LogP contribution in [0.25, 0.3) is 11.1 Å². The summed E-state index contributed by atoms with van der Waals surface area (Å²) in [6, 6.07) is 14.8. The lowest BCUT2D eigenvalue weighted by atomic mass is 9.82. The molecule has 6 heteroatoms. The average molecular weight is 485 g/mol. The highest BCUT2D eigenvalue weighted by atomic mass is 19.2. The van der Waals surface area contributed by atoms with Crippen molar-refractivity contribution in [2.75, 3.05) is 13.2 Å². The fourth-order valence-electron chi connectivity index (χ4n) is 4.68. The molecule has 1 fully saturated rings. The minimum Gasteiger partial charge on any atom is -0.491 e. The van der Waals surface area contributed by atoms with Crippen molar-refractivity contribution in [1.29, 1.82) is 0 Å². The Hall–Kier alpha value is -2.99. The fraction of sp³-hybridized carbons (Fsp3) is 0.379. The number of benzene rings is 3.